The molecule has 0 saturated heterocycles. The molecule has 0 aromatic rings. The second-order valence-corrected chi connectivity index (χ2v) is 9.20. The van der Waals surface area contributed by atoms with Gasteiger partial charge in [0.25, 0.3) is 0 Å². The van der Waals surface area contributed by atoms with Crippen LogP contribution in [-0.4, -0.2) is 7.11 Å². The molecule has 1 saturated carbocycles. The van der Waals surface area contributed by atoms with Gasteiger partial charge in [-0.15, -0.1) is 6.58 Å². The topological polar surface area (TPSA) is 9.23 Å². The van der Waals surface area contributed by atoms with E-state index < -0.39 is 0 Å². The molecule has 5 atom stereocenters. The van der Waals surface area contributed by atoms with Crippen molar-refractivity contribution in [2.45, 2.75) is 59.3 Å². The number of hydrogen-bond acceptors (Lipinski definition) is 1. The Bertz CT molecular complexity index is 666. The molecular weight excluding hydrogens is 292 g/mol. The first kappa shape index (κ1) is 16.2. The first-order valence-electron chi connectivity index (χ1n) is 9.67. The molecule has 0 bridgehead atoms. The van der Waals surface area contributed by atoms with Crippen LogP contribution >= 0.6 is 0 Å². The largest absolute Gasteiger partial charge is 0.501 e. The lowest BCUT2D eigenvalue weighted by atomic mass is 9.50. The van der Waals surface area contributed by atoms with Crippen molar-refractivity contribution < 1.29 is 4.74 Å². The van der Waals surface area contributed by atoms with Crippen LogP contribution in [-0.2, 0) is 4.74 Å². The molecule has 4 rings (SSSR count). The average molecular weight is 325 g/mol. The van der Waals surface area contributed by atoms with Crippen molar-refractivity contribution in [3.63, 3.8) is 0 Å². The third-order valence-corrected chi connectivity index (χ3v) is 8.50. The minimum absolute atomic E-state index is 0.236. The molecule has 0 amide bonds. The Morgan fingerprint density at radius 2 is 2.00 bits per heavy atom. The summed E-state index contributed by atoms with van der Waals surface area (Å²) in [5, 5.41) is 0. The van der Waals surface area contributed by atoms with E-state index in [9.17, 15) is 0 Å². The Kier molecular flexibility index (Phi) is 3.47. The Balaban J connectivity index is 1.75. The summed E-state index contributed by atoms with van der Waals surface area (Å²) in [4.78, 5) is 0. The van der Waals surface area contributed by atoms with Crippen molar-refractivity contribution in [3.8, 4) is 0 Å². The highest BCUT2D eigenvalue weighted by atomic mass is 16.5. The zero-order valence-electron chi connectivity index (χ0n) is 15.8. The van der Waals surface area contributed by atoms with Crippen LogP contribution in [0.15, 0.2) is 47.8 Å². The highest BCUT2D eigenvalue weighted by Crippen LogP contribution is 2.67. The van der Waals surface area contributed by atoms with Crippen LogP contribution < -0.4 is 0 Å². The normalized spacial score (nSPS) is 46.8. The molecule has 0 aromatic carbocycles. The van der Waals surface area contributed by atoms with Crippen molar-refractivity contribution in [1.82, 2.24) is 0 Å². The molecule has 24 heavy (non-hydrogen) atoms. The Hall–Kier alpha value is -1.24. The van der Waals surface area contributed by atoms with Crippen LogP contribution in [0.4, 0.5) is 0 Å². The van der Waals surface area contributed by atoms with Crippen molar-refractivity contribution in [2.24, 2.45) is 28.1 Å². The van der Waals surface area contributed by atoms with Gasteiger partial charge < -0.3 is 4.74 Å². The van der Waals surface area contributed by atoms with Gasteiger partial charge in [0, 0.05) is 11.8 Å². The molecule has 4 aliphatic carbocycles. The van der Waals surface area contributed by atoms with E-state index in [0.29, 0.717) is 10.8 Å². The fourth-order valence-electron chi connectivity index (χ4n) is 6.40. The van der Waals surface area contributed by atoms with Crippen molar-refractivity contribution in [1.29, 1.82) is 0 Å². The Labute approximate surface area is 147 Å². The minimum atomic E-state index is 0.236. The molecule has 1 nitrogen and oxygen atoms in total. The highest BCUT2D eigenvalue weighted by molar-refractivity contribution is 5.45. The first-order valence-corrected chi connectivity index (χ1v) is 9.67. The van der Waals surface area contributed by atoms with E-state index in [1.54, 1.807) is 12.7 Å². The third-order valence-electron chi connectivity index (χ3n) is 8.50. The molecule has 130 valence electrons. The lowest BCUT2D eigenvalue weighted by molar-refractivity contribution is 0.0635. The number of fused-ring (bicyclic) bond motifs is 5. The second-order valence-electron chi connectivity index (χ2n) is 9.20. The molecule has 0 radical (unpaired) electrons. The molecule has 0 aliphatic heterocycles. The van der Waals surface area contributed by atoms with Gasteiger partial charge in [0.2, 0.25) is 0 Å². The lowest BCUT2D eigenvalue weighted by Crippen LogP contribution is -2.45. The van der Waals surface area contributed by atoms with Crippen LogP contribution in [0, 0.1) is 28.1 Å². The number of ether oxygens (including phenoxy) is 1. The van der Waals surface area contributed by atoms with Gasteiger partial charge in [-0.05, 0) is 66.4 Å². The fourth-order valence-corrected chi connectivity index (χ4v) is 6.40. The maximum atomic E-state index is 5.54. The van der Waals surface area contributed by atoms with Gasteiger partial charge in [-0.25, -0.2) is 0 Å². The zero-order chi connectivity index (χ0) is 17.2. The van der Waals surface area contributed by atoms with Gasteiger partial charge in [0.1, 0.15) is 0 Å². The van der Waals surface area contributed by atoms with E-state index in [-0.39, 0.29) is 5.41 Å². The van der Waals surface area contributed by atoms with Crippen LogP contribution in [0.1, 0.15) is 59.3 Å². The summed E-state index contributed by atoms with van der Waals surface area (Å²) in [6, 6.07) is 0. The maximum Gasteiger partial charge on any atom is 0.0958 e. The average Bonchev–Trinajstić information content (AvgIpc) is 2.86. The molecule has 0 spiro atoms. The lowest BCUT2D eigenvalue weighted by Gasteiger charge is -2.54. The van der Waals surface area contributed by atoms with Crippen molar-refractivity contribution in [2.75, 3.05) is 7.11 Å². The molecule has 4 aliphatic rings. The molecule has 0 aromatic heterocycles. The number of rotatable bonds is 2. The van der Waals surface area contributed by atoms with Crippen molar-refractivity contribution >= 4 is 0 Å². The highest BCUT2D eigenvalue weighted by Gasteiger charge is 2.58. The van der Waals surface area contributed by atoms with E-state index >= 15 is 0 Å². The van der Waals surface area contributed by atoms with Crippen LogP contribution in [0.5, 0.6) is 0 Å². The van der Waals surface area contributed by atoms with Gasteiger partial charge in [-0.2, -0.15) is 0 Å². The number of allylic oxidation sites excluding steroid dienone is 7. The molecule has 0 heterocycles. The molecule has 1 fully saturated rings. The van der Waals surface area contributed by atoms with Gasteiger partial charge in [-0.3, -0.25) is 0 Å². The number of hydrogen-bond donors (Lipinski definition) is 0. The monoisotopic (exact) mass is 324 g/mol. The van der Waals surface area contributed by atoms with Gasteiger partial charge in [-0.1, -0.05) is 44.6 Å². The summed E-state index contributed by atoms with van der Waals surface area (Å²) in [5.74, 6) is 2.69. The summed E-state index contributed by atoms with van der Waals surface area (Å²) in [6.45, 7) is 11.6. The molecule has 0 N–H and O–H groups in total. The minimum Gasteiger partial charge on any atom is -0.501 e. The summed E-state index contributed by atoms with van der Waals surface area (Å²) >= 11 is 0. The quantitative estimate of drug-likeness (QED) is 0.549. The molecule has 1 heteroatoms. The van der Waals surface area contributed by atoms with Crippen molar-refractivity contribution in [3.05, 3.63) is 47.8 Å². The van der Waals surface area contributed by atoms with E-state index in [0.717, 1.165) is 24.0 Å². The van der Waals surface area contributed by atoms with Gasteiger partial charge >= 0.3 is 0 Å². The van der Waals surface area contributed by atoms with E-state index in [1.807, 2.05) is 0 Å². The van der Waals surface area contributed by atoms with Crippen LogP contribution in [0.2, 0.25) is 0 Å². The summed E-state index contributed by atoms with van der Waals surface area (Å²) in [5.41, 5.74) is 4.15. The summed E-state index contributed by atoms with van der Waals surface area (Å²) in [6.07, 6.45) is 17.1. The molecule has 3 unspecified atom stereocenters. The fraction of sp³-hybridized carbons (Fsp3) is 0.652. The predicted octanol–water partition coefficient (Wildman–Crippen LogP) is 6.20. The Morgan fingerprint density at radius 1 is 1.21 bits per heavy atom. The maximum absolute atomic E-state index is 5.54. The molecular formula is C23H32O. The first-order chi connectivity index (χ1) is 11.4. The van der Waals surface area contributed by atoms with Gasteiger partial charge in [0.05, 0.1) is 12.9 Å². The third kappa shape index (κ3) is 1.87. The van der Waals surface area contributed by atoms with E-state index in [1.165, 1.54) is 37.7 Å². The SMILES string of the molecule is C=CC1(C)CCC2C3CC=C4C=C(OC)CC[C@]4(C)C3=CC[C@@]21C. The van der Waals surface area contributed by atoms with E-state index in [2.05, 4.69) is 51.7 Å². The predicted molar refractivity (Wildman–Crippen MR) is 100 cm³/mol. The van der Waals surface area contributed by atoms with E-state index in [4.69, 9.17) is 4.74 Å². The summed E-state index contributed by atoms with van der Waals surface area (Å²) in [7, 11) is 1.81. The Morgan fingerprint density at radius 3 is 2.71 bits per heavy atom. The van der Waals surface area contributed by atoms with Crippen LogP contribution in [0.25, 0.3) is 0 Å². The smallest absolute Gasteiger partial charge is 0.0958 e. The standard InChI is InChI=1S/C23H32O/c1-6-21(2)12-10-20-18-8-7-16-15-17(24-5)9-13-22(16,3)19(18)11-14-23(20,21)4/h6-7,11,15,18,20H,1,8-10,12-14H2,2-5H3/t18?,20?,21?,22-,23-/m0/s1. The number of methoxy groups -OCH3 is 1. The van der Waals surface area contributed by atoms with Crippen LogP contribution in [0.3, 0.4) is 0 Å². The zero-order valence-corrected chi connectivity index (χ0v) is 15.8. The second kappa shape index (κ2) is 5.13. The van der Waals surface area contributed by atoms with Gasteiger partial charge in [0.15, 0.2) is 0 Å². The summed E-state index contributed by atoms with van der Waals surface area (Å²) < 4.78 is 5.54.